The summed E-state index contributed by atoms with van der Waals surface area (Å²) in [5.41, 5.74) is 1.36. The van der Waals surface area contributed by atoms with Crippen molar-refractivity contribution < 1.29 is 24.2 Å². The maximum absolute atomic E-state index is 11.7. The van der Waals surface area contributed by atoms with Crippen LogP contribution in [0.15, 0.2) is 48.5 Å². The number of methoxy groups -OCH3 is 1. The number of amides is 1. The van der Waals surface area contributed by atoms with E-state index in [1.54, 1.807) is 0 Å². The summed E-state index contributed by atoms with van der Waals surface area (Å²) in [6.07, 6.45) is -0.0283. The molecule has 120 valence electrons. The Labute approximate surface area is 133 Å². The molecule has 0 fully saturated rings. The second kappa shape index (κ2) is 7.84. The molecule has 0 saturated heterocycles. The van der Waals surface area contributed by atoms with E-state index in [9.17, 15) is 14.7 Å². The number of nitrogens with one attached hydrogen (secondary N) is 1. The summed E-state index contributed by atoms with van der Waals surface area (Å²) in [5.74, 6) is -0.913. The Morgan fingerprint density at radius 1 is 1.13 bits per heavy atom. The molecule has 0 heterocycles. The Morgan fingerprint density at radius 3 is 2.57 bits per heavy atom. The summed E-state index contributed by atoms with van der Waals surface area (Å²) in [7, 11) is 1.21. The first-order valence-electron chi connectivity index (χ1n) is 6.99. The fraction of sp³-hybridized carbons (Fsp3) is 0.176. The van der Waals surface area contributed by atoms with Gasteiger partial charge in [-0.15, -0.1) is 0 Å². The Kier molecular flexibility index (Phi) is 5.57. The zero-order chi connectivity index (χ0) is 16.7. The van der Waals surface area contributed by atoms with Crippen LogP contribution in [-0.2, 0) is 15.9 Å². The van der Waals surface area contributed by atoms with Crippen LogP contribution in [0.1, 0.15) is 15.9 Å². The molecule has 23 heavy (non-hydrogen) atoms. The van der Waals surface area contributed by atoms with E-state index in [-0.39, 0.29) is 17.9 Å². The minimum absolute atomic E-state index is 0.0328. The zero-order valence-electron chi connectivity index (χ0n) is 12.6. The Balaban J connectivity index is 1.89. The molecule has 0 aliphatic rings. The highest BCUT2D eigenvalue weighted by Gasteiger charge is 2.13. The number of carbonyl (C=O) groups excluding carboxylic acids is 2. The third-order valence-electron chi connectivity index (χ3n) is 3.11. The standard InChI is InChI=1S/C17H17NO5/c1-22-16(20)14-11-13(7-8-15(14)19)18-17(21)23-10-9-12-5-3-2-4-6-12/h2-8,11,19H,9-10H2,1H3,(H,18,21). The van der Waals surface area contributed by atoms with Crippen molar-refractivity contribution in [3.8, 4) is 5.75 Å². The molecule has 0 spiro atoms. The van der Waals surface area contributed by atoms with Gasteiger partial charge in [-0.1, -0.05) is 30.3 Å². The van der Waals surface area contributed by atoms with Crippen molar-refractivity contribution in [1.82, 2.24) is 0 Å². The van der Waals surface area contributed by atoms with Gasteiger partial charge in [0.15, 0.2) is 0 Å². The smallest absolute Gasteiger partial charge is 0.411 e. The fourth-order valence-electron chi connectivity index (χ4n) is 1.95. The number of anilines is 1. The molecule has 0 aliphatic heterocycles. The van der Waals surface area contributed by atoms with E-state index in [0.29, 0.717) is 12.1 Å². The molecule has 0 bridgehead atoms. The van der Waals surface area contributed by atoms with Gasteiger partial charge in [-0.25, -0.2) is 9.59 Å². The molecule has 0 atom stereocenters. The van der Waals surface area contributed by atoms with Crippen LogP contribution >= 0.6 is 0 Å². The summed E-state index contributed by atoms with van der Waals surface area (Å²) in [5, 5.41) is 12.1. The van der Waals surface area contributed by atoms with Crippen LogP contribution in [0, 0.1) is 0 Å². The number of ether oxygens (including phenoxy) is 2. The van der Waals surface area contributed by atoms with Gasteiger partial charge in [0.1, 0.15) is 11.3 Å². The lowest BCUT2D eigenvalue weighted by Gasteiger charge is -2.09. The molecule has 0 unspecified atom stereocenters. The van der Waals surface area contributed by atoms with E-state index >= 15 is 0 Å². The number of aromatic hydroxyl groups is 1. The Hall–Kier alpha value is -3.02. The SMILES string of the molecule is COC(=O)c1cc(NC(=O)OCCc2ccccc2)ccc1O. The van der Waals surface area contributed by atoms with Gasteiger partial charge in [0.25, 0.3) is 0 Å². The summed E-state index contributed by atoms with van der Waals surface area (Å²) in [6.45, 7) is 0.234. The van der Waals surface area contributed by atoms with Crippen molar-refractivity contribution >= 4 is 17.7 Å². The van der Waals surface area contributed by atoms with Crippen LogP contribution < -0.4 is 5.32 Å². The lowest BCUT2D eigenvalue weighted by molar-refractivity contribution is 0.0597. The summed E-state index contributed by atoms with van der Waals surface area (Å²) in [4.78, 5) is 23.2. The molecule has 6 nitrogen and oxygen atoms in total. The van der Waals surface area contributed by atoms with Crippen LogP contribution in [0.3, 0.4) is 0 Å². The number of hydrogen-bond acceptors (Lipinski definition) is 5. The Morgan fingerprint density at radius 2 is 1.87 bits per heavy atom. The van der Waals surface area contributed by atoms with Gasteiger partial charge in [0.2, 0.25) is 0 Å². The van der Waals surface area contributed by atoms with Crippen LogP contribution in [0.25, 0.3) is 0 Å². The number of benzene rings is 2. The number of phenols is 1. The largest absolute Gasteiger partial charge is 0.507 e. The molecular weight excluding hydrogens is 298 g/mol. The highest BCUT2D eigenvalue weighted by atomic mass is 16.5. The topological polar surface area (TPSA) is 84.9 Å². The quantitative estimate of drug-likeness (QED) is 0.654. The molecule has 0 aromatic heterocycles. The molecule has 0 saturated carbocycles. The van der Waals surface area contributed by atoms with Gasteiger partial charge in [0, 0.05) is 12.1 Å². The number of carbonyl (C=O) groups is 2. The van der Waals surface area contributed by atoms with Crippen LogP contribution in [0.4, 0.5) is 10.5 Å². The number of hydrogen-bond donors (Lipinski definition) is 2. The van der Waals surface area contributed by atoms with Crippen LogP contribution in [0.5, 0.6) is 5.75 Å². The van der Waals surface area contributed by atoms with E-state index in [1.165, 1.54) is 25.3 Å². The first-order chi connectivity index (χ1) is 11.1. The normalized spacial score (nSPS) is 9.96. The van der Waals surface area contributed by atoms with E-state index < -0.39 is 12.1 Å². The van der Waals surface area contributed by atoms with Crippen molar-refractivity contribution in [2.75, 3.05) is 19.0 Å². The molecule has 2 N–H and O–H groups in total. The van der Waals surface area contributed by atoms with Gasteiger partial charge in [0.05, 0.1) is 13.7 Å². The van der Waals surface area contributed by atoms with E-state index in [2.05, 4.69) is 10.1 Å². The molecule has 2 rings (SSSR count). The maximum Gasteiger partial charge on any atom is 0.411 e. The highest BCUT2D eigenvalue weighted by molar-refractivity contribution is 5.95. The van der Waals surface area contributed by atoms with Crippen LogP contribution in [-0.4, -0.2) is 30.9 Å². The monoisotopic (exact) mass is 315 g/mol. The van der Waals surface area contributed by atoms with Gasteiger partial charge in [-0.2, -0.15) is 0 Å². The number of phenolic OH excluding ortho intramolecular Hbond substituents is 1. The second-order valence-electron chi connectivity index (χ2n) is 4.72. The minimum atomic E-state index is -0.691. The first kappa shape index (κ1) is 16.4. The Bertz CT molecular complexity index is 685. The molecule has 0 radical (unpaired) electrons. The highest BCUT2D eigenvalue weighted by Crippen LogP contribution is 2.22. The lowest BCUT2D eigenvalue weighted by Crippen LogP contribution is -2.15. The van der Waals surface area contributed by atoms with Gasteiger partial charge in [-0.05, 0) is 23.8 Å². The third-order valence-corrected chi connectivity index (χ3v) is 3.11. The van der Waals surface area contributed by atoms with Crippen LogP contribution in [0.2, 0.25) is 0 Å². The number of esters is 1. The second-order valence-corrected chi connectivity index (χ2v) is 4.72. The molecule has 0 aliphatic carbocycles. The summed E-state index contributed by atoms with van der Waals surface area (Å²) in [6, 6.07) is 13.7. The minimum Gasteiger partial charge on any atom is -0.507 e. The molecule has 2 aromatic carbocycles. The van der Waals surface area contributed by atoms with E-state index in [4.69, 9.17) is 4.74 Å². The summed E-state index contributed by atoms with van der Waals surface area (Å²) < 4.78 is 9.63. The molecule has 6 heteroatoms. The van der Waals surface area contributed by atoms with Gasteiger partial charge >= 0.3 is 12.1 Å². The predicted octanol–water partition coefficient (Wildman–Crippen LogP) is 2.97. The van der Waals surface area contributed by atoms with Crippen molar-refractivity contribution in [3.63, 3.8) is 0 Å². The first-order valence-corrected chi connectivity index (χ1v) is 6.99. The van der Waals surface area contributed by atoms with Crippen molar-refractivity contribution in [1.29, 1.82) is 0 Å². The lowest BCUT2D eigenvalue weighted by atomic mass is 10.2. The summed E-state index contributed by atoms with van der Waals surface area (Å²) >= 11 is 0. The third kappa shape index (κ3) is 4.74. The van der Waals surface area contributed by atoms with Crippen molar-refractivity contribution in [2.45, 2.75) is 6.42 Å². The van der Waals surface area contributed by atoms with Crippen molar-refractivity contribution in [3.05, 3.63) is 59.7 Å². The average molecular weight is 315 g/mol. The zero-order valence-corrected chi connectivity index (χ0v) is 12.6. The van der Waals surface area contributed by atoms with Gasteiger partial charge < -0.3 is 14.6 Å². The van der Waals surface area contributed by atoms with Gasteiger partial charge in [-0.3, -0.25) is 5.32 Å². The molecular formula is C17H17NO5. The molecule has 1 amide bonds. The van der Waals surface area contributed by atoms with E-state index in [0.717, 1.165) is 5.56 Å². The maximum atomic E-state index is 11.7. The van der Waals surface area contributed by atoms with E-state index in [1.807, 2.05) is 30.3 Å². The van der Waals surface area contributed by atoms with Crippen molar-refractivity contribution in [2.24, 2.45) is 0 Å². The fourth-order valence-corrected chi connectivity index (χ4v) is 1.95. The number of rotatable bonds is 5. The average Bonchev–Trinajstić information content (AvgIpc) is 2.57. The molecule has 2 aromatic rings. The predicted molar refractivity (Wildman–Crippen MR) is 84.6 cm³/mol.